The summed E-state index contributed by atoms with van der Waals surface area (Å²) >= 11 is 0. The number of aryl methyl sites for hydroxylation is 1. The first-order valence-electron chi connectivity index (χ1n) is 8.82. The molecule has 2 heterocycles. The van der Waals surface area contributed by atoms with Gasteiger partial charge in [-0.15, -0.1) is 0 Å². The third-order valence-corrected chi connectivity index (χ3v) is 5.44. The van der Waals surface area contributed by atoms with Crippen LogP contribution in [-0.4, -0.2) is 55.0 Å². The second-order valence-corrected chi connectivity index (χ2v) is 6.80. The van der Waals surface area contributed by atoms with Crippen molar-refractivity contribution in [1.82, 2.24) is 9.80 Å². The van der Waals surface area contributed by atoms with Crippen LogP contribution in [0.2, 0.25) is 0 Å². The molecular formula is C19H28N2O2. The molecule has 2 saturated heterocycles. The van der Waals surface area contributed by atoms with Crippen LogP contribution in [0, 0.1) is 0 Å². The van der Waals surface area contributed by atoms with Crippen LogP contribution in [0.15, 0.2) is 24.3 Å². The number of hydrogen-bond acceptors (Lipinski definition) is 3. The smallest absolute Gasteiger partial charge is 0.223 e. The molecule has 0 aromatic heterocycles. The minimum Gasteiger partial charge on any atom is -0.496 e. The van der Waals surface area contributed by atoms with Gasteiger partial charge in [-0.2, -0.15) is 0 Å². The predicted octanol–water partition coefficient (Wildman–Crippen LogP) is 2.71. The van der Waals surface area contributed by atoms with E-state index in [9.17, 15) is 4.79 Å². The van der Waals surface area contributed by atoms with E-state index in [1.807, 2.05) is 18.2 Å². The number of para-hydroxylation sites is 1. The highest BCUT2D eigenvalue weighted by Crippen LogP contribution is 2.30. The Kier molecular flexibility index (Phi) is 5.21. The highest BCUT2D eigenvalue weighted by molar-refractivity contribution is 5.77. The number of hydrogen-bond donors (Lipinski definition) is 0. The fraction of sp³-hybridized carbons (Fsp3) is 0.632. The molecule has 23 heavy (non-hydrogen) atoms. The zero-order valence-electron chi connectivity index (χ0n) is 14.3. The molecule has 0 aliphatic carbocycles. The number of rotatable bonds is 5. The summed E-state index contributed by atoms with van der Waals surface area (Å²) in [5.41, 5.74) is 1.12. The van der Waals surface area contributed by atoms with Gasteiger partial charge in [-0.1, -0.05) is 18.2 Å². The summed E-state index contributed by atoms with van der Waals surface area (Å²) in [7, 11) is 3.89. The van der Waals surface area contributed by atoms with Crippen molar-refractivity contribution in [2.45, 2.75) is 50.6 Å². The van der Waals surface area contributed by atoms with Gasteiger partial charge in [0.1, 0.15) is 5.75 Å². The summed E-state index contributed by atoms with van der Waals surface area (Å²) in [6.07, 6.45) is 6.14. The molecule has 2 unspecified atom stereocenters. The number of nitrogens with zero attached hydrogens (tertiary/aromatic N) is 2. The first-order chi connectivity index (χ1) is 11.2. The zero-order valence-corrected chi connectivity index (χ0v) is 14.3. The zero-order chi connectivity index (χ0) is 16.2. The summed E-state index contributed by atoms with van der Waals surface area (Å²) < 4.78 is 5.39. The third-order valence-electron chi connectivity index (χ3n) is 5.44. The number of carbonyl (C=O) groups excluding carboxylic acids is 1. The topological polar surface area (TPSA) is 32.8 Å². The molecular weight excluding hydrogens is 288 g/mol. The molecule has 1 aromatic carbocycles. The van der Waals surface area contributed by atoms with Crippen LogP contribution >= 0.6 is 0 Å². The highest BCUT2D eigenvalue weighted by atomic mass is 16.5. The van der Waals surface area contributed by atoms with Gasteiger partial charge in [0.15, 0.2) is 0 Å². The molecule has 0 spiro atoms. The van der Waals surface area contributed by atoms with E-state index in [-0.39, 0.29) is 0 Å². The first-order valence-corrected chi connectivity index (χ1v) is 8.82. The summed E-state index contributed by atoms with van der Waals surface area (Å²) in [4.78, 5) is 17.4. The van der Waals surface area contributed by atoms with Crippen LogP contribution < -0.4 is 4.74 Å². The van der Waals surface area contributed by atoms with E-state index in [2.05, 4.69) is 22.9 Å². The number of likely N-dealkylation sites (N-methyl/N-ethyl adjacent to an activating group) is 1. The fourth-order valence-electron chi connectivity index (χ4n) is 4.22. The number of ether oxygens (including phenoxy) is 1. The minimum absolute atomic E-state index is 0.304. The van der Waals surface area contributed by atoms with E-state index in [0.29, 0.717) is 24.4 Å². The predicted molar refractivity (Wildman–Crippen MR) is 91.7 cm³/mol. The van der Waals surface area contributed by atoms with Gasteiger partial charge in [-0.3, -0.25) is 4.79 Å². The van der Waals surface area contributed by atoms with Gasteiger partial charge in [0.25, 0.3) is 0 Å². The molecule has 1 aromatic rings. The van der Waals surface area contributed by atoms with Crippen LogP contribution in [-0.2, 0) is 11.2 Å². The van der Waals surface area contributed by atoms with Crippen LogP contribution in [0.4, 0.5) is 0 Å². The molecule has 2 atom stereocenters. The van der Waals surface area contributed by atoms with Crippen molar-refractivity contribution in [1.29, 1.82) is 0 Å². The molecule has 0 radical (unpaired) electrons. The third kappa shape index (κ3) is 3.52. The second kappa shape index (κ2) is 7.35. The lowest BCUT2D eigenvalue weighted by molar-refractivity contribution is -0.132. The fourth-order valence-corrected chi connectivity index (χ4v) is 4.22. The Morgan fingerprint density at radius 1 is 1.17 bits per heavy atom. The number of likely N-dealkylation sites (tertiary alicyclic amines) is 2. The number of benzene rings is 1. The van der Waals surface area contributed by atoms with E-state index in [1.54, 1.807) is 7.11 Å². The Hall–Kier alpha value is -1.55. The molecule has 0 bridgehead atoms. The largest absolute Gasteiger partial charge is 0.496 e. The summed E-state index contributed by atoms with van der Waals surface area (Å²) in [6.45, 7) is 2.10. The van der Waals surface area contributed by atoms with E-state index < -0.39 is 0 Å². The number of carbonyl (C=O) groups is 1. The lowest BCUT2D eigenvalue weighted by atomic mass is 10.0. The van der Waals surface area contributed by atoms with Crippen molar-refractivity contribution >= 4 is 5.91 Å². The highest BCUT2D eigenvalue weighted by Gasteiger charge is 2.38. The van der Waals surface area contributed by atoms with Gasteiger partial charge in [0.05, 0.1) is 7.11 Å². The van der Waals surface area contributed by atoms with Gasteiger partial charge < -0.3 is 14.5 Å². The normalized spacial score (nSPS) is 25.0. The van der Waals surface area contributed by atoms with Gasteiger partial charge in [-0.25, -0.2) is 0 Å². The van der Waals surface area contributed by atoms with E-state index in [1.165, 1.54) is 19.4 Å². The molecule has 2 aliphatic rings. The number of amides is 1. The van der Waals surface area contributed by atoms with Gasteiger partial charge in [0.2, 0.25) is 5.91 Å². The maximum absolute atomic E-state index is 12.8. The molecule has 2 fully saturated rings. The van der Waals surface area contributed by atoms with Gasteiger partial charge in [-0.05, 0) is 57.3 Å². The minimum atomic E-state index is 0.304. The monoisotopic (exact) mass is 316 g/mol. The number of methoxy groups -OCH3 is 1. The Labute approximate surface area is 139 Å². The van der Waals surface area contributed by atoms with Crippen molar-refractivity contribution in [3.63, 3.8) is 0 Å². The van der Waals surface area contributed by atoms with E-state index in [0.717, 1.165) is 37.1 Å². The van der Waals surface area contributed by atoms with Crippen molar-refractivity contribution in [3.8, 4) is 5.75 Å². The molecule has 3 rings (SSSR count). The Morgan fingerprint density at radius 3 is 2.65 bits per heavy atom. The summed E-state index contributed by atoms with van der Waals surface area (Å²) in [5, 5.41) is 0. The Bertz CT molecular complexity index is 546. The van der Waals surface area contributed by atoms with Crippen LogP contribution in [0.25, 0.3) is 0 Å². The SMILES string of the molecule is COc1ccccc1CCC(=O)N1CCCC1C1CCCN1C. The molecule has 126 valence electrons. The molecule has 1 amide bonds. The lowest BCUT2D eigenvalue weighted by Gasteiger charge is -2.33. The maximum Gasteiger partial charge on any atom is 0.223 e. The standard InChI is InChI=1S/C19H28N2O2/c1-20-13-5-8-16(20)17-9-6-14-21(17)19(22)12-11-15-7-3-4-10-18(15)23-2/h3-4,7,10,16-17H,5-6,8-9,11-14H2,1-2H3. The van der Waals surface area contributed by atoms with Crippen LogP contribution in [0.5, 0.6) is 5.75 Å². The Balaban J connectivity index is 1.61. The van der Waals surface area contributed by atoms with Crippen molar-refractivity contribution in [2.75, 3.05) is 27.2 Å². The Morgan fingerprint density at radius 2 is 1.91 bits per heavy atom. The first kappa shape index (κ1) is 16.3. The van der Waals surface area contributed by atoms with Crippen molar-refractivity contribution < 1.29 is 9.53 Å². The van der Waals surface area contributed by atoms with Gasteiger partial charge in [0, 0.05) is 25.0 Å². The van der Waals surface area contributed by atoms with E-state index in [4.69, 9.17) is 4.74 Å². The average Bonchev–Trinajstić information content (AvgIpc) is 3.21. The lowest BCUT2D eigenvalue weighted by Crippen LogP contribution is -2.47. The molecule has 4 nitrogen and oxygen atoms in total. The summed E-state index contributed by atoms with van der Waals surface area (Å²) in [6, 6.07) is 8.98. The van der Waals surface area contributed by atoms with Crippen molar-refractivity contribution in [3.05, 3.63) is 29.8 Å². The van der Waals surface area contributed by atoms with Gasteiger partial charge >= 0.3 is 0 Å². The quantitative estimate of drug-likeness (QED) is 0.837. The van der Waals surface area contributed by atoms with E-state index >= 15 is 0 Å². The average molecular weight is 316 g/mol. The molecule has 4 heteroatoms. The second-order valence-electron chi connectivity index (χ2n) is 6.80. The summed E-state index contributed by atoms with van der Waals surface area (Å²) in [5.74, 6) is 1.19. The molecule has 2 aliphatic heterocycles. The molecule has 0 N–H and O–H groups in total. The maximum atomic E-state index is 12.8. The van der Waals surface area contributed by atoms with Crippen molar-refractivity contribution in [2.24, 2.45) is 0 Å². The van der Waals surface area contributed by atoms with Crippen LogP contribution in [0.1, 0.15) is 37.7 Å². The van der Waals surface area contributed by atoms with Crippen LogP contribution in [0.3, 0.4) is 0 Å². The molecule has 0 saturated carbocycles.